The minimum Gasteiger partial charge on any atom is -0.347 e. The van der Waals surface area contributed by atoms with Crippen molar-refractivity contribution >= 4 is 23.3 Å². The molecule has 136 valence electrons. The lowest BCUT2D eigenvalue weighted by Gasteiger charge is -2.26. The lowest BCUT2D eigenvalue weighted by molar-refractivity contribution is -0.117. The fraction of sp³-hybridized carbons (Fsp3) is 0.429. The number of carbonyl (C=O) groups excluding carboxylic acids is 1. The Morgan fingerprint density at radius 2 is 2.15 bits per heavy atom. The molecule has 26 heavy (non-hydrogen) atoms. The van der Waals surface area contributed by atoms with Crippen LogP contribution in [-0.4, -0.2) is 10.5 Å². The Morgan fingerprint density at radius 1 is 1.38 bits per heavy atom. The van der Waals surface area contributed by atoms with Gasteiger partial charge in [0.2, 0.25) is 0 Å². The lowest BCUT2D eigenvalue weighted by Crippen LogP contribution is -2.23. The molecule has 4 nitrogen and oxygen atoms in total. The predicted octanol–water partition coefficient (Wildman–Crippen LogP) is 4.90. The Kier molecular flexibility index (Phi) is 5.95. The van der Waals surface area contributed by atoms with Crippen LogP contribution in [0.15, 0.2) is 29.2 Å². The zero-order valence-electron chi connectivity index (χ0n) is 15.4. The highest BCUT2D eigenvalue weighted by atomic mass is 32.1. The molecule has 2 aromatic rings. The van der Waals surface area contributed by atoms with E-state index in [1.165, 1.54) is 37.8 Å². The van der Waals surface area contributed by atoms with E-state index in [0.717, 1.165) is 16.1 Å². The van der Waals surface area contributed by atoms with E-state index in [0.29, 0.717) is 12.6 Å². The number of thiophene rings is 1. The third-order valence-corrected chi connectivity index (χ3v) is 6.01. The van der Waals surface area contributed by atoms with E-state index in [9.17, 15) is 10.1 Å². The van der Waals surface area contributed by atoms with Gasteiger partial charge in [-0.2, -0.15) is 5.26 Å². The van der Waals surface area contributed by atoms with Crippen molar-refractivity contribution in [3.8, 4) is 6.07 Å². The van der Waals surface area contributed by atoms with Gasteiger partial charge < -0.3 is 9.88 Å². The monoisotopic (exact) mass is 367 g/mol. The second-order valence-corrected chi connectivity index (χ2v) is 7.95. The summed E-state index contributed by atoms with van der Waals surface area (Å²) in [5.74, 6) is -0.316. The first-order chi connectivity index (χ1) is 12.6. The molecule has 1 fully saturated rings. The minimum absolute atomic E-state index is 0.158. The Hall–Kier alpha value is -2.32. The number of rotatable bonds is 5. The molecule has 0 saturated heterocycles. The van der Waals surface area contributed by atoms with Gasteiger partial charge in [-0.05, 0) is 55.8 Å². The number of aromatic nitrogens is 1. The van der Waals surface area contributed by atoms with Gasteiger partial charge in [-0.3, -0.25) is 4.79 Å². The molecule has 0 unspecified atom stereocenters. The second kappa shape index (κ2) is 8.37. The van der Waals surface area contributed by atoms with Crippen LogP contribution in [0.1, 0.15) is 60.0 Å². The Morgan fingerprint density at radius 3 is 2.81 bits per heavy atom. The van der Waals surface area contributed by atoms with Gasteiger partial charge in [0.25, 0.3) is 5.91 Å². The summed E-state index contributed by atoms with van der Waals surface area (Å²) in [4.78, 5) is 13.4. The first kappa shape index (κ1) is 18.5. The summed E-state index contributed by atoms with van der Waals surface area (Å²) in [6, 6.07) is 8.62. The van der Waals surface area contributed by atoms with E-state index in [2.05, 4.69) is 35.9 Å². The Balaban J connectivity index is 1.78. The normalized spacial score (nSPS) is 15.7. The van der Waals surface area contributed by atoms with E-state index >= 15 is 0 Å². The van der Waals surface area contributed by atoms with Crippen molar-refractivity contribution in [3.63, 3.8) is 0 Å². The third kappa shape index (κ3) is 4.08. The van der Waals surface area contributed by atoms with Gasteiger partial charge >= 0.3 is 0 Å². The molecule has 1 amide bonds. The van der Waals surface area contributed by atoms with E-state index in [4.69, 9.17) is 0 Å². The van der Waals surface area contributed by atoms with Crippen molar-refractivity contribution < 1.29 is 4.79 Å². The van der Waals surface area contributed by atoms with E-state index in [1.807, 2.05) is 17.5 Å². The van der Waals surface area contributed by atoms with Crippen LogP contribution in [0.25, 0.3) is 6.08 Å². The minimum atomic E-state index is -0.316. The third-order valence-electron chi connectivity index (χ3n) is 5.13. The number of nitrogens with zero attached hydrogens (tertiary/aromatic N) is 2. The summed E-state index contributed by atoms with van der Waals surface area (Å²) in [6.07, 6.45) is 8.04. The molecule has 0 aromatic carbocycles. The molecule has 0 bridgehead atoms. The first-order valence-corrected chi connectivity index (χ1v) is 10.1. The fourth-order valence-corrected chi connectivity index (χ4v) is 4.47. The van der Waals surface area contributed by atoms with Gasteiger partial charge in [0.15, 0.2) is 0 Å². The highest BCUT2D eigenvalue weighted by Crippen LogP contribution is 2.32. The summed E-state index contributed by atoms with van der Waals surface area (Å²) < 4.78 is 2.39. The topological polar surface area (TPSA) is 57.8 Å². The van der Waals surface area contributed by atoms with Gasteiger partial charge in [0, 0.05) is 22.3 Å². The highest BCUT2D eigenvalue weighted by molar-refractivity contribution is 7.09. The predicted molar refractivity (Wildman–Crippen MR) is 106 cm³/mol. The molecular formula is C21H25N3OS. The number of carbonyl (C=O) groups is 1. The van der Waals surface area contributed by atoms with Crippen molar-refractivity contribution in [1.29, 1.82) is 5.26 Å². The molecule has 5 heteroatoms. The van der Waals surface area contributed by atoms with Gasteiger partial charge in [-0.15, -0.1) is 11.3 Å². The smallest absolute Gasteiger partial charge is 0.262 e. The summed E-state index contributed by atoms with van der Waals surface area (Å²) in [5, 5.41) is 14.3. The Bertz CT molecular complexity index is 833. The standard InChI is InChI=1S/C21H25N3OS/c1-15-11-17(16(2)24(15)19-7-4-3-5-8-19)12-18(13-22)21(25)23-14-20-9-6-10-26-20/h6,9-12,19H,3-5,7-8,14H2,1-2H3,(H,23,25)/b18-12-. The molecule has 1 saturated carbocycles. The summed E-state index contributed by atoms with van der Waals surface area (Å²) >= 11 is 1.59. The van der Waals surface area contributed by atoms with Crippen LogP contribution in [-0.2, 0) is 11.3 Å². The summed E-state index contributed by atoms with van der Waals surface area (Å²) in [6.45, 7) is 4.66. The molecule has 1 N–H and O–H groups in total. The molecule has 2 heterocycles. The summed E-state index contributed by atoms with van der Waals surface area (Å²) in [5.41, 5.74) is 3.48. The molecule has 0 aliphatic heterocycles. The number of nitrogens with one attached hydrogen (secondary N) is 1. The van der Waals surface area contributed by atoms with Gasteiger partial charge in [-0.1, -0.05) is 25.3 Å². The van der Waals surface area contributed by atoms with E-state index in [-0.39, 0.29) is 11.5 Å². The number of nitriles is 1. The van der Waals surface area contributed by atoms with E-state index in [1.54, 1.807) is 17.4 Å². The second-order valence-electron chi connectivity index (χ2n) is 6.92. The molecule has 0 spiro atoms. The highest BCUT2D eigenvalue weighted by Gasteiger charge is 2.20. The first-order valence-electron chi connectivity index (χ1n) is 9.21. The maximum Gasteiger partial charge on any atom is 0.262 e. The van der Waals surface area contributed by atoms with Crippen molar-refractivity contribution in [1.82, 2.24) is 9.88 Å². The van der Waals surface area contributed by atoms with Crippen LogP contribution < -0.4 is 5.32 Å². The van der Waals surface area contributed by atoms with Crippen molar-refractivity contribution in [2.75, 3.05) is 0 Å². The van der Waals surface area contributed by atoms with Crippen LogP contribution in [0.4, 0.5) is 0 Å². The van der Waals surface area contributed by atoms with Gasteiger partial charge in [-0.25, -0.2) is 0 Å². The SMILES string of the molecule is Cc1cc(/C=C(/C#N)C(=O)NCc2cccs2)c(C)n1C1CCCCC1. The Labute approximate surface area is 159 Å². The molecule has 2 aromatic heterocycles. The molecule has 1 aliphatic carbocycles. The van der Waals surface area contributed by atoms with Crippen LogP contribution in [0.3, 0.4) is 0 Å². The maximum atomic E-state index is 12.4. The largest absolute Gasteiger partial charge is 0.347 e. The quantitative estimate of drug-likeness (QED) is 0.604. The van der Waals surface area contributed by atoms with Crippen molar-refractivity contribution in [3.05, 3.63) is 51.0 Å². The molecule has 1 aliphatic rings. The molecule has 0 atom stereocenters. The van der Waals surface area contributed by atoms with Crippen molar-refractivity contribution in [2.45, 2.75) is 58.5 Å². The van der Waals surface area contributed by atoms with Crippen molar-refractivity contribution in [2.24, 2.45) is 0 Å². The molecule has 0 radical (unpaired) electrons. The van der Waals surface area contributed by atoms with Gasteiger partial charge in [0.05, 0.1) is 6.54 Å². The van der Waals surface area contributed by atoms with Gasteiger partial charge in [0.1, 0.15) is 11.6 Å². The summed E-state index contributed by atoms with van der Waals surface area (Å²) in [7, 11) is 0. The number of hydrogen-bond donors (Lipinski definition) is 1. The average molecular weight is 368 g/mol. The molecule has 3 rings (SSSR count). The number of amides is 1. The number of aryl methyl sites for hydroxylation is 1. The van der Waals surface area contributed by atoms with Crippen LogP contribution in [0.2, 0.25) is 0 Å². The fourth-order valence-electron chi connectivity index (χ4n) is 3.83. The van der Waals surface area contributed by atoms with Crippen LogP contribution >= 0.6 is 11.3 Å². The maximum absolute atomic E-state index is 12.4. The van der Waals surface area contributed by atoms with Crippen LogP contribution in [0.5, 0.6) is 0 Å². The number of hydrogen-bond acceptors (Lipinski definition) is 3. The lowest BCUT2D eigenvalue weighted by atomic mass is 9.95. The average Bonchev–Trinajstić information content (AvgIpc) is 3.26. The zero-order valence-corrected chi connectivity index (χ0v) is 16.2. The zero-order chi connectivity index (χ0) is 18.5. The van der Waals surface area contributed by atoms with E-state index < -0.39 is 0 Å². The van der Waals surface area contributed by atoms with Crippen LogP contribution in [0, 0.1) is 25.2 Å². The molecular weight excluding hydrogens is 342 g/mol.